The van der Waals surface area contributed by atoms with Crippen LogP contribution < -0.4 is 10.5 Å². The Morgan fingerprint density at radius 3 is 2.81 bits per heavy atom. The minimum absolute atomic E-state index is 0.0760. The van der Waals surface area contributed by atoms with Gasteiger partial charge in [-0.15, -0.1) is 0 Å². The van der Waals surface area contributed by atoms with Crippen molar-refractivity contribution in [1.82, 2.24) is 9.97 Å². The van der Waals surface area contributed by atoms with E-state index in [4.69, 9.17) is 15.5 Å². The van der Waals surface area contributed by atoms with Gasteiger partial charge in [-0.3, -0.25) is 0 Å². The molecule has 1 aromatic heterocycles. The molecule has 0 saturated heterocycles. The lowest BCUT2D eigenvalue weighted by Gasteiger charge is -2.48. The zero-order valence-electron chi connectivity index (χ0n) is 14.2. The summed E-state index contributed by atoms with van der Waals surface area (Å²) in [5.41, 5.74) is 8.71. The maximum absolute atomic E-state index is 10.3. The molecule has 0 radical (unpaired) electrons. The van der Waals surface area contributed by atoms with E-state index in [-0.39, 0.29) is 18.1 Å². The SMILES string of the molecule is NC1=N[C@@]2(CS1)c1cc(-c3cncnc3)ccc1O[C@H]1CC[C@H](O)C[C@@H]12. The Hall–Kier alpha value is -2.12. The Morgan fingerprint density at radius 2 is 2.04 bits per heavy atom. The number of hydrogen-bond acceptors (Lipinski definition) is 7. The van der Waals surface area contributed by atoms with Gasteiger partial charge in [0.15, 0.2) is 5.17 Å². The van der Waals surface area contributed by atoms with Crippen LogP contribution in [0.5, 0.6) is 5.75 Å². The van der Waals surface area contributed by atoms with E-state index in [2.05, 4.69) is 16.0 Å². The maximum atomic E-state index is 10.3. The van der Waals surface area contributed by atoms with Crippen LogP contribution in [0.4, 0.5) is 0 Å². The van der Waals surface area contributed by atoms with Gasteiger partial charge in [-0.25, -0.2) is 15.0 Å². The molecule has 26 heavy (non-hydrogen) atoms. The fraction of sp³-hybridized carbons (Fsp3) is 0.421. The summed E-state index contributed by atoms with van der Waals surface area (Å²) in [6.07, 6.45) is 7.23. The van der Waals surface area contributed by atoms with E-state index < -0.39 is 5.54 Å². The minimum atomic E-state index is -0.431. The highest BCUT2D eigenvalue weighted by Crippen LogP contribution is 2.54. The summed E-state index contributed by atoms with van der Waals surface area (Å²) < 4.78 is 6.34. The number of aliphatic hydroxyl groups is 1. The molecule has 4 atom stereocenters. The van der Waals surface area contributed by atoms with E-state index >= 15 is 0 Å². The normalized spacial score (nSPS) is 32.5. The topological polar surface area (TPSA) is 93.6 Å². The van der Waals surface area contributed by atoms with Gasteiger partial charge in [-0.05, 0) is 37.0 Å². The van der Waals surface area contributed by atoms with Crippen molar-refractivity contribution in [1.29, 1.82) is 0 Å². The first-order valence-corrected chi connectivity index (χ1v) is 9.87. The molecule has 6 nitrogen and oxygen atoms in total. The van der Waals surface area contributed by atoms with Crippen molar-refractivity contribution in [2.75, 3.05) is 5.75 Å². The lowest BCUT2D eigenvalue weighted by Crippen LogP contribution is -2.51. The smallest absolute Gasteiger partial charge is 0.154 e. The quantitative estimate of drug-likeness (QED) is 0.802. The van der Waals surface area contributed by atoms with Crippen LogP contribution >= 0.6 is 11.8 Å². The summed E-state index contributed by atoms with van der Waals surface area (Å²) in [6.45, 7) is 0. The molecule has 3 aliphatic rings. The first-order chi connectivity index (χ1) is 12.7. The number of nitrogens with zero attached hydrogens (tertiary/aromatic N) is 3. The Balaban J connectivity index is 1.67. The van der Waals surface area contributed by atoms with Gasteiger partial charge in [0.25, 0.3) is 0 Å². The molecule has 7 heteroatoms. The molecule has 3 N–H and O–H groups in total. The van der Waals surface area contributed by atoms with Gasteiger partial charge in [-0.2, -0.15) is 0 Å². The number of nitrogens with two attached hydrogens (primary N) is 1. The van der Waals surface area contributed by atoms with Crippen LogP contribution in [-0.2, 0) is 5.54 Å². The second-order valence-corrected chi connectivity index (χ2v) is 8.23. The number of amidine groups is 1. The largest absolute Gasteiger partial charge is 0.490 e. The molecule has 3 heterocycles. The second kappa shape index (κ2) is 5.96. The molecular weight excluding hydrogens is 348 g/mol. The molecule has 0 unspecified atom stereocenters. The van der Waals surface area contributed by atoms with Gasteiger partial charge in [0.05, 0.1) is 6.10 Å². The predicted octanol–water partition coefficient (Wildman–Crippen LogP) is 2.32. The number of aliphatic hydroxyl groups excluding tert-OH is 1. The molecule has 1 aromatic carbocycles. The van der Waals surface area contributed by atoms with Gasteiger partial charge in [0.2, 0.25) is 0 Å². The van der Waals surface area contributed by atoms with Crippen LogP contribution in [0.15, 0.2) is 41.9 Å². The third-order valence-corrected chi connectivity index (χ3v) is 6.71. The van der Waals surface area contributed by atoms with E-state index in [0.717, 1.165) is 41.0 Å². The average molecular weight is 368 g/mol. The predicted molar refractivity (Wildman–Crippen MR) is 101 cm³/mol. The first kappa shape index (κ1) is 16.1. The average Bonchev–Trinajstić information content (AvgIpc) is 3.06. The van der Waals surface area contributed by atoms with E-state index in [1.165, 1.54) is 6.33 Å². The molecule has 2 aromatic rings. The number of hydrogen-bond donors (Lipinski definition) is 2. The minimum Gasteiger partial charge on any atom is -0.490 e. The monoisotopic (exact) mass is 368 g/mol. The van der Waals surface area contributed by atoms with E-state index in [9.17, 15) is 5.11 Å². The van der Waals surface area contributed by atoms with Crippen molar-refractivity contribution in [3.63, 3.8) is 0 Å². The highest BCUT2D eigenvalue weighted by atomic mass is 32.2. The Morgan fingerprint density at radius 1 is 1.19 bits per heavy atom. The van der Waals surface area contributed by atoms with Crippen LogP contribution in [-0.4, -0.2) is 38.2 Å². The van der Waals surface area contributed by atoms with Gasteiger partial charge in [0.1, 0.15) is 23.7 Å². The lowest BCUT2D eigenvalue weighted by atomic mass is 9.68. The summed E-state index contributed by atoms with van der Waals surface area (Å²) in [5.74, 6) is 1.80. The lowest BCUT2D eigenvalue weighted by molar-refractivity contribution is -0.0236. The number of thioether (sulfide) groups is 1. The number of rotatable bonds is 1. The Labute approximate surface area is 155 Å². The summed E-state index contributed by atoms with van der Waals surface area (Å²) in [5, 5.41) is 10.9. The van der Waals surface area contributed by atoms with Crippen molar-refractivity contribution in [3.8, 4) is 16.9 Å². The van der Waals surface area contributed by atoms with Gasteiger partial charge < -0.3 is 15.6 Å². The first-order valence-electron chi connectivity index (χ1n) is 8.88. The van der Waals surface area contributed by atoms with E-state index in [1.807, 2.05) is 12.1 Å². The molecule has 1 fully saturated rings. The fourth-order valence-electron chi connectivity index (χ4n) is 4.50. The fourth-order valence-corrected chi connectivity index (χ4v) is 5.53. The van der Waals surface area contributed by atoms with Crippen molar-refractivity contribution in [2.24, 2.45) is 16.6 Å². The number of aliphatic imine (C=N–C) groups is 1. The Bertz CT molecular complexity index is 875. The standard InChI is InChI=1S/C19H20N4O2S/c20-18-23-19(9-26-18)14-5-11(12-7-21-10-22-8-12)1-3-16(14)25-17-4-2-13(24)6-15(17)19/h1,3,5,7-8,10,13,15,17,24H,2,4,6,9H2,(H2,20,23)/t13-,15-,17-,19-/m0/s1. The van der Waals surface area contributed by atoms with Gasteiger partial charge in [0, 0.05) is 35.2 Å². The van der Waals surface area contributed by atoms with E-state index in [1.54, 1.807) is 24.2 Å². The zero-order valence-corrected chi connectivity index (χ0v) is 15.0. The summed E-state index contributed by atoms with van der Waals surface area (Å²) in [4.78, 5) is 13.2. The molecule has 5 rings (SSSR count). The van der Waals surface area contributed by atoms with Gasteiger partial charge in [-0.1, -0.05) is 17.8 Å². The number of fused-ring (bicyclic) bond motifs is 4. The van der Waals surface area contributed by atoms with Gasteiger partial charge >= 0.3 is 0 Å². The highest BCUT2D eigenvalue weighted by Gasteiger charge is 2.54. The number of ether oxygens (including phenoxy) is 1. The van der Waals surface area contributed by atoms with Crippen molar-refractivity contribution in [3.05, 3.63) is 42.5 Å². The van der Waals surface area contributed by atoms with Crippen LogP contribution in [0.3, 0.4) is 0 Å². The second-order valence-electron chi connectivity index (χ2n) is 7.23. The molecule has 1 aliphatic carbocycles. The van der Waals surface area contributed by atoms with Crippen molar-refractivity contribution in [2.45, 2.75) is 37.0 Å². The highest BCUT2D eigenvalue weighted by molar-refractivity contribution is 8.14. The molecule has 2 aliphatic heterocycles. The molecular formula is C19H20N4O2S. The molecule has 1 spiro atoms. The maximum Gasteiger partial charge on any atom is 0.154 e. The summed E-state index contributed by atoms with van der Waals surface area (Å²) >= 11 is 1.59. The molecule has 0 bridgehead atoms. The molecule has 1 saturated carbocycles. The molecule has 0 amide bonds. The molecule has 134 valence electrons. The van der Waals surface area contributed by atoms with Crippen LogP contribution in [0.25, 0.3) is 11.1 Å². The van der Waals surface area contributed by atoms with Crippen LogP contribution in [0.1, 0.15) is 24.8 Å². The Kier molecular flexibility index (Phi) is 3.68. The van der Waals surface area contributed by atoms with Crippen molar-refractivity contribution >= 4 is 16.9 Å². The summed E-state index contributed by atoms with van der Waals surface area (Å²) in [7, 11) is 0. The van der Waals surface area contributed by atoms with Crippen LogP contribution in [0.2, 0.25) is 0 Å². The third kappa shape index (κ3) is 2.41. The summed E-state index contributed by atoms with van der Waals surface area (Å²) in [6, 6.07) is 6.20. The number of aromatic nitrogens is 2. The van der Waals surface area contributed by atoms with Crippen molar-refractivity contribution < 1.29 is 9.84 Å². The van der Waals surface area contributed by atoms with E-state index in [0.29, 0.717) is 11.6 Å². The number of benzene rings is 1. The third-order valence-electron chi connectivity index (χ3n) is 5.74. The van der Waals surface area contributed by atoms with Crippen LogP contribution in [0, 0.1) is 5.92 Å². The zero-order chi connectivity index (χ0) is 17.7.